The predicted octanol–water partition coefficient (Wildman–Crippen LogP) is 2.72. The van der Waals surface area contributed by atoms with E-state index in [4.69, 9.17) is 10.2 Å². The van der Waals surface area contributed by atoms with E-state index in [9.17, 15) is 0 Å². The Morgan fingerprint density at radius 1 is 1.53 bits per heavy atom. The maximum atomic E-state index is 6.18. The molecule has 0 bridgehead atoms. The molecule has 0 amide bonds. The van der Waals surface area contributed by atoms with Gasteiger partial charge < -0.3 is 10.2 Å². The van der Waals surface area contributed by atoms with Crippen LogP contribution in [0.3, 0.4) is 0 Å². The average Bonchev–Trinajstić information content (AvgIpc) is 2.89. The Hall–Kier alpha value is -0.820. The minimum absolute atomic E-state index is 0.00347. The number of furan rings is 1. The second-order valence-electron chi connectivity index (χ2n) is 4.10. The highest BCUT2D eigenvalue weighted by Crippen LogP contribution is 2.24. The molecule has 2 rings (SSSR count). The van der Waals surface area contributed by atoms with Crippen molar-refractivity contribution in [1.29, 1.82) is 0 Å². The van der Waals surface area contributed by atoms with Crippen molar-refractivity contribution in [3.05, 3.63) is 39.6 Å². The average molecular weight is 345 g/mol. The fourth-order valence-corrected chi connectivity index (χ4v) is 2.25. The summed E-state index contributed by atoms with van der Waals surface area (Å²) in [7, 11) is 0. The fraction of sp³-hybridized carbons (Fsp3) is 0.417. The maximum Gasteiger partial charge on any atom is 0.130 e. The van der Waals surface area contributed by atoms with Crippen molar-refractivity contribution in [3.8, 4) is 0 Å². The summed E-state index contributed by atoms with van der Waals surface area (Å²) in [6.07, 6.45) is 4.69. The lowest BCUT2D eigenvalue weighted by Crippen LogP contribution is -2.32. The van der Waals surface area contributed by atoms with Gasteiger partial charge in [-0.15, -0.1) is 0 Å². The lowest BCUT2D eigenvalue weighted by atomic mass is 10.0. The zero-order valence-electron chi connectivity index (χ0n) is 9.93. The van der Waals surface area contributed by atoms with Gasteiger partial charge in [-0.25, -0.2) is 0 Å². The third-order valence-electron chi connectivity index (χ3n) is 2.78. The van der Waals surface area contributed by atoms with Crippen LogP contribution >= 0.6 is 22.6 Å². The number of nitrogens with zero attached hydrogens (tertiary/aromatic N) is 2. The van der Waals surface area contributed by atoms with Crippen LogP contribution in [0.4, 0.5) is 0 Å². The van der Waals surface area contributed by atoms with Gasteiger partial charge in [0.1, 0.15) is 17.6 Å². The molecule has 2 heterocycles. The van der Waals surface area contributed by atoms with E-state index in [2.05, 4.69) is 34.6 Å². The summed E-state index contributed by atoms with van der Waals surface area (Å²) in [6.45, 7) is 4.01. The topological polar surface area (TPSA) is 57.0 Å². The monoisotopic (exact) mass is 345 g/mol. The van der Waals surface area contributed by atoms with Gasteiger partial charge in [0.15, 0.2) is 0 Å². The van der Waals surface area contributed by atoms with Crippen molar-refractivity contribution in [2.45, 2.75) is 32.4 Å². The molecule has 2 atom stereocenters. The van der Waals surface area contributed by atoms with Crippen LogP contribution < -0.4 is 5.73 Å². The molecular weight excluding hydrogens is 329 g/mol. The van der Waals surface area contributed by atoms with Crippen molar-refractivity contribution < 1.29 is 4.42 Å². The van der Waals surface area contributed by atoms with Crippen molar-refractivity contribution in [2.24, 2.45) is 5.73 Å². The molecular formula is C12H16IN3O. The molecule has 0 radical (unpaired) electrons. The Balaban J connectivity index is 2.38. The standard InChI is InChI=1S/C12H16IN3O/c1-3-10(14)12(11-5-4-8(2)17-11)16-7-9(13)6-15-16/h4-7,10,12H,3,14H2,1-2H3. The lowest BCUT2D eigenvalue weighted by Gasteiger charge is -2.21. The predicted molar refractivity (Wildman–Crippen MR) is 74.8 cm³/mol. The van der Waals surface area contributed by atoms with Crippen LogP contribution in [-0.4, -0.2) is 15.8 Å². The van der Waals surface area contributed by atoms with Gasteiger partial charge in [0, 0.05) is 12.2 Å². The molecule has 2 N–H and O–H groups in total. The van der Waals surface area contributed by atoms with Gasteiger partial charge in [0.05, 0.1) is 9.77 Å². The van der Waals surface area contributed by atoms with E-state index in [-0.39, 0.29) is 12.1 Å². The van der Waals surface area contributed by atoms with Crippen LogP contribution in [-0.2, 0) is 0 Å². The third kappa shape index (κ3) is 2.71. The summed E-state index contributed by atoms with van der Waals surface area (Å²) in [4.78, 5) is 0. The van der Waals surface area contributed by atoms with E-state index in [0.29, 0.717) is 0 Å². The van der Waals surface area contributed by atoms with Crippen molar-refractivity contribution in [3.63, 3.8) is 0 Å². The van der Waals surface area contributed by atoms with Gasteiger partial charge in [-0.1, -0.05) is 6.92 Å². The number of halogens is 1. The molecule has 4 nitrogen and oxygen atoms in total. The van der Waals surface area contributed by atoms with Crippen LogP contribution in [0.2, 0.25) is 0 Å². The largest absolute Gasteiger partial charge is 0.464 e. The molecule has 0 saturated carbocycles. The van der Waals surface area contributed by atoms with E-state index in [1.165, 1.54) is 0 Å². The van der Waals surface area contributed by atoms with Gasteiger partial charge in [-0.05, 0) is 48.1 Å². The number of hydrogen-bond acceptors (Lipinski definition) is 3. The summed E-state index contributed by atoms with van der Waals surface area (Å²) in [5, 5.41) is 4.34. The first-order valence-corrected chi connectivity index (χ1v) is 6.71. The molecule has 0 aromatic carbocycles. The van der Waals surface area contributed by atoms with Crippen molar-refractivity contribution >= 4 is 22.6 Å². The first-order valence-electron chi connectivity index (χ1n) is 5.63. The van der Waals surface area contributed by atoms with E-state index in [0.717, 1.165) is 21.5 Å². The van der Waals surface area contributed by atoms with Crippen LogP contribution in [0.5, 0.6) is 0 Å². The molecule has 2 aromatic heterocycles. The first-order chi connectivity index (χ1) is 8.11. The van der Waals surface area contributed by atoms with Gasteiger partial charge in [-0.3, -0.25) is 4.68 Å². The third-order valence-corrected chi connectivity index (χ3v) is 3.34. The molecule has 0 aliphatic carbocycles. The molecule has 0 fully saturated rings. The summed E-state index contributed by atoms with van der Waals surface area (Å²) in [6, 6.07) is 3.90. The van der Waals surface area contributed by atoms with Crippen LogP contribution in [0.25, 0.3) is 0 Å². The first kappa shape index (κ1) is 12.6. The Kier molecular flexibility index (Phi) is 3.88. The van der Waals surface area contributed by atoms with Crippen LogP contribution in [0.1, 0.15) is 30.9 Å². The van der Waals surface area contributed by atoms with Crippen LogP contribution in [0, 0.1) is 10.5 Å². The Morgan fingerprint density at radius 3 is 2.76 bits per heavy atom. The van der Waals surface area contributed by atoms with Crippen LogP contribution in [0.15, 0.2) is 28.9 Å². The normalized spacial score (nSPS) is 14.8. The van der Waals surface area contributed by atoms with E-state index < -0.39 is 0 Å². The van der Waals surface area contributed by atoms with Gasteiger partial charge >= 0.3 is 0 Å². The Bertz CT molecular complexity index is 451. The number of nitrogens with two attached hydrogens (primary N) is 1. The van der Waals surface area contributed by atoms with Crippen molar-refractivity contribution in [1.82, 2.24) is 9.78 Å². The molecule has 17 heavy (non-hydrogen) atoms. The minimum atomic E-state index is -0.0304. The van der Waals surface area contributed by atoms with Gasteiger partial charge in [-0.2, -0.15) is 5.10 Å². The summed E-state index contributed by atoms with van der Waals surface area (Å²) < 4.78 is 8.67. The van der Waals surface area contributed by atoms with E-state index in [1.54, 1.807) is 0 Å². The highest BCUT2D eigenvalue weighted by Gasteiger charge is 2.24. The number of rotatable bonds is 4. The molecule has 0 aliphatic rings. The second-order valence-corrected chi connectivity index (χ2v) is 5.35. The highest BCUT2D eigenvalue weighted by molar-refractivity contribution is 14.1. The molecule has 2 aromatic rings. The number of aryl methyl sites for hydroxylation is 1. The number of hydrogen-bond donors (Lipinski definition) is 1. The van der Waals surface area contributed by atoms with Gasteiger partial charge in [0.2, 0.25) is 0 Å². The zero-order valence-corrected chi connectivity index (χ0v) is 12.1. The Labute approximate surface area is 114 Å². The summed E-state index contributed by atoms with van der Waals surface area (Å²) in [5.74, 6) is 1.77. The Morgan fingerprint density at radius 2 is 2.29 bits per heavy atom. The zero-order chi connectivity index (χ0) is 12.4. The summed E-state index contributed by atoms with van der Waals surface area (Å²) >= 11 is 2.24. The maximum absolute atomic E-state index is 6.18. The van der Waals surface area contributed by atoms with E-state index >= 15 is 0 Å². The molecule has 5 heteroatoms. The second kappa shape index (κ2) is 5.22. The van der Waals surface area contributed by atoms with E-state index in [1.807, 2.05) is 36.1 Å². The molecule has 92 valence electrons. The minimum Gasteiger partial charge on any atom is -0.464 e. The molecule has 2 unspecified atom stereocenters. The number of aromatic nitrogens is 2. The van der Waals surface area contributed by atoms with Crippen molar-refractivity contribution in [2.75, 3.05) is 0 Å². The smallest absolute Gasteiger partial charge is 0.130 e. The quantitative estimate of drug-likeness (QED) is 0.867. The lowest BCUT2D eigenvalue weighted by molar-refractivity contribution is 0.345. The fourth-order valence-electron chi connectivity index (χ4n) is 1.84. The molecule has 0 aliphatic heterocycles. The highest BCUT2D eigenvalue weighted by atomic mass is 127. The molecule has 0 spiro atoms. The van der Waals surface area contributed by atoms with Gasteiger partial charge in [0.25, 0.3) is 0 Å². The molecule has 0 saturated heterocycles. The summed E-state index contributed by atoms with van der Waals surface area (Å²) in [5.41, 5.74) is 6.18. The SMILES string of the molecule is CCC(N)C(c1ccc(C)o1)n1cc(I)cn1.